The summed E-state index contributed by atoms with van der Waals surface area (Å²) >= 11 is 0. The average molecular weight is 810 g/mol. The zero-order valence-corrected chi connectivity index (χ0v) is 37.5. The molecule has 2 atom stereocenters. The van der Waals surface area contributed by atoms with E-state index in [2.05, 4.69) is 62.5 Å². The van der Waals surface area contributed by atoms with Gasteiger partial charge in [0.25, 0.3) is 7.82 Å². The second kappa shape index (κ2) is 38.5. The van der Waals surface area contributed by atoms with Crippen LogP contribution in [0.1, 0.15) is 181 Å². The number of carbonyl (C=O) groups is 2. The number of ether oxygens (including phenoxy) is 2. The predicted molar refractivity (Wildman–Crippen MR) is 231 cm³/mol. The highest BCUT2D eigenvalue weighted by molar-refractivity contribution is 7.45. The summed E-state index contributed by atoms with van der Waals surface area (Å²) in [6.07, 6.45) is 44.1. The third-order valence-corrected chi connectivity index (χ3v) is 10.3. The molecule has 0 bridgehead atoms. The maximum atomic E-state index is 12.7. The first kappa shape index (κ1) is 54.0. The van der Waals surface area contributed by atoms with Crippen LogP contribution in [0.2, 0.25) is 0 Å². The van der Waals surface area contributed by atoms with Gasteiger partial charge in [-0.1, -0.05) is 140 Å². The molecule has 0 saturated heterocycles. The molecule has 10 heteroatoms. The average Bonchev–Trinajstić information content (AvgIpc) is 3.15. The first-order valence-electron chi connectivity index (χ1n) is 22.3. The Morgan fingerprint density at radius 2 is 0.964 bits per heavy atom. The number of nitrogens with zero attached hydrogens (tertiary/aromatic N) is 1. The number of phosphoric ester groups is 1. The molecular formula is C46H84NO8P. The van der Waals surface area contributed by atoms with Crippen molar-refractivity contribution in [1.29, 1.82) is 0 Å². The largest absolute Gasteiger partial charge is 0.756 e. The smallest absolute Gasteiger partial charge is 0.306 e. The molecule has 0 aliphatic rings. The highest BCUT2D eigenvalue weighted by atomic mass is 31.2. The number of carbonyl (C=O) groups excluding carboxylic acids is 2. The lowest BCUT2D eigenvalue weighted by molar-refractivity contribution is -0.870. The summed E-state index contributed by atoms with van der Waals surface area (Å²) in [6, 6.07) is 0. The topological polar surface area (TPSA) is 111 Å². The number of rotatable bonds is 40. The van der Waals surface area contributed by atoms with E-state index in [1.54, 1.807) is 0 Å². The van der Waals surface area contributed by atoms with Crippen LogP contribution in [0, 0.1) is 0 Å². The Bertz CT molecular complexity index is 1100. The lowest BCUT2D eigenvalue weighted by atomic mass is 10.1. The van der Waals surface area contributed by atoms with Crippen molar-refractivity contribution in [2.75, 3.05) is 47.5 Å². The van der Waals surface area contributed by atoms with Gasteiger partial charge in [-0.2, -0.15) is 0 Å². The molecule has 326 valence electrons. The van der Waals surface area contributed by atoms with E-state index in [0.717, 1.165) is 64.2 Å². The predicted octanol–water partition coefficient (Wildman–Crippen LogP) is 12.1. The molecule has 0 aromatic carbocycles. The molecule has 0 amide bonds. The van der Waals surface area contributed by atoms with Crippen molar-refractivity contribution >= 4 is 19.8 Å². The molecule has 0 radical (unpaired) electrons. The number of hydrogen-bond acceptors (Lipinski definition) is 8. The van der Waals surface area contributed by atoms with Crippen LogP contribution in [0.25, 0.3) is 0 Å². The van der Waals surface area contributed by atoms with Gasteiger partial charge in [0.1, 0.15) is 19.8 Å². The van der Waals surface area contributed by atoms with Crippen LogP contribution in [0.5, 0.6) is 0 Å². The summed E-state index contributed by atoms with van der Waals surface area (Å²) in [6.45, 7) is 4.15. The number of quaternary nitrogens is 1. The molecule has 0 rings (SSSR count). The van der Waals surface area contributed by atoms with Crippen molar-refractivity contribution < 1.29 is 42.1 Å². The minimum absolute atomic E-state index is 0.0368. The van der Waals surface area contributed by atoms with Crippen molar-refractivity contribution in [2.24, 2.45) is 0 Å². The third kappa shape index (κ3) is 41.6. The lowest BCUT2D eigenvalue weighted by Crippen LogP contribution is -2.37. The van der Waals surface area contributed by atoms with E-state index in [1.807, 2.05) is 21.1 Å². The summed E-state index contributed by atoms with van der Waals surface area (Å²) in [5, 5.41) is 0. The van der Waals surface area contributed by atoms with E-state index in [1.165, 1.54) is 77.0 Å². The summed E-state index contributed by atoms with van der Waals surface area (Å²) in [7, 11) is 1.14. The molecular weight excluding hydrogens is 725 g/mol. The van der Waals surface area contributed by atoms with Gasteiger partial charge in [0.2, 0.25) is 0 Å². The third-order valence-electron chi connectivity index (χ3n) is 9.32. The van der Waals surface area contributed by atoms with Crippen molar-refractivity contribution in [3.63, 3.8) is 0 Å². The number of allylic oxidation sites excluding steroid dienone is 8. The summed E-state index contributed by atoms with van der Waals surface area (Å²) < 4.78 is 33.9. The zero-order valence-electron chi connectivity index (χ0n) is 36.6. The Kier molecular flexibility index (Phi) is 37.1. The molecule has 0 saturated carbocycles. The van der Waals surface area contributed by atoms with E-state index in [0.29, 0.717) is 23.9 Å². The van der Waals surface area contributed by atoms with Crippen molar-refractivity contribution in [3.8, 4) is 0 Å². The highest BCUT2D eigenvalue weighted by Gasteiger charge is 2.21. The molecule has 0 N–H and O–H groups in total. The monoisotopic (exact) mass is 810 g/mol. The van der Waals surface area contributed by atoms with Crippen molar-refractivity contribution in [1.82, 2.24) is 0 Å². The summed E-state index contributed by atoms with van der Waals surface area (Å²) in [5.74, 6) is -0.866. The van der Waals surface area contributed by atoms with Gasteiger partial charge in [0.05, 0.1) is 27.7 Å². The van der Waals surface area contributed by atoms with Crippen LogP contribution in [0.3, 0.4) is 0 Å². The fraction of sp³-hybridized carbons (Fsp3) is 0.783. The van der Waals surface area contributed by atoms with Gasteiger partial charge >= 0.3 is 11.9 Å². The maximum Gasteiger partial charge on any atom is 0.306 e. The Morgan fingerprint density at radius 3 is 1.48 bits per heavy atom. The second-order valence-electron chi connectivity index (χ2n) is 16.1. The molecule has 0 aliphatic carbocycles. The Hall–Kier alpha value is -2.03. The lowest BCUT2D eigenvalue weighted by Gasteiger charge is -2.28. The molecule has 0 heterocycles. The van der Waals surface area contributed by atoms with Crippen LogP contribution in [-0.4, -0.2) is 70.0 Å². The minimum atomic E-state index is -4.63. The number of unbranched alkanes of at least 4 members (excludes halogenated alkanes) is 18. The first-order valence-corrected chi connectivity index (χ1v) is 23.8. The number of hydrogen-bond donors (Lipinski definition) is 0. The van der Waals surface area contributed by atoms with Crippen LogP contribution < -0.4 is 4.89 Å². The molecule has 0 fully saturated rings. The fourth-order valence-corrected chi connectivity index (χ4v) is 6.50. The van der Waals surface area contributed by atoms with E-state index in [-0.39, 0.29) is 26.1 Å². The van der Waals surface area contributed by atoms with E-state index < -0.39 is 32.5 Å². The summed E-state index contributed by atoms with van der Waals surface area (Å²) in [4.78, 5) is 37.5. The van der Waals surface area contributed by atoms with Gasteiger partial charge in [-0.25, -0.2) is 0 Å². The SMILES string of the molecule is CCCCC/C=C/C/C=C/C/C=C/CCCCCCC(=O)OC[C@H](COP(=O)([O-])OCC[N+](C)(C)C)OC(=O)CCCCCCCCC/C=C/CCCCCC. The fourth-order valence-electron chi connectivity index (χ4n) is 5.77. The van der Waals surface area contributed by atoms with Gasteiger partial charge < -0.3 is 27.9 Å². The molecule has 0 spiro atoms. The molecule has 1 unspecified atom stereocenters. The van der Waals surface area contributed by atoms with E-state index >= 15 is 0 Å². The van der Waals surface area contributed by atoms with E-state index in [9.17, 15) is 19.0 Å². The Labute approximate surface area is 343 Å². The molecule has 0 aromatic rings. The highest BCUT2D eigenvalue weighted by Crippen LogP contribution is 2.38. The molecule has 9 nitrogen and oxygen atoms in total. The van der Waals surface area contributed by atoms with Gasteiger partial charge in [-0.15, -0.1) is 0 Å². The standard InChI is InChI=1S/C46H84NO8P/c1-6-8-10-12-14-16-18-20-22-23-25-26-28-30-32-34-36-38-45(48)52-42-44(43-54-56(50,51)53-41-40-47(3,4)5)55-46(49)39-37-35-33-31-29-27-24-21-19-17-15-13-11-9-7-2/h14,16-17,19-20,22,25-26,44H,6-13,15,18,21,23-24,27-43H2,1-5H3/b16-14+,19-17+,22-20+,26-25+/t44-/m1/s1. The molecule has 0 aromatic heterocycles. The van der Waals surface area contributed by atoms with Crippen molar-refractivity contribution in [2.45, 2.75) is 187 Å². The Morgan fingerprint density at radius 1 is 0.554 bits per heavy atom. The number of esters is 2. The summed E-state index contributed by atoms with van der Waals surface area (Å²) in [5.41, 5.74) is 0. The first-order chi connectivity index (χ1) is 27.0. The zero-order chi connectivity index (χ0) is 41.4. The van der Waals surface area contributed by atoms with Gasteiger partial charge in [0, 0.05) is 12.8 Å². The minimum Gasteiger partial charge on any atom is -0.756 e. The quantitative estimate of drug-likeness (QED) is 0.0198. The van der Waals surface area contributed by atoms with Crippen LogP contribution >= 0.6 is 7.82 Å². The Balaban J connectivity index is 4.40. The molecule has 0 aliphatic heterocycles. The molecule has 56 heavy (non-hydrogen) atoms. The normalized spacial score (nSPS) is 14.0. The number of likely N-dealkylation sites (N-methyl/N-ethyl adjacent to an activating group) is 1. The van der Waals surface area contributed by atoms with Crippen molar-refractivity contribution in [3.05, 3.63) is 48.6 Å². The number of phosphoric acid groups is 1. The van der Waals surface area contributed by atoms with Crippen LogP contribution in [0.4, 0.5) is 0 Å². The maximum absolute atomic E-state index is 12.7. The van der Waals surface area contributed by atoms with Crippen LogP contribution in [0.15, 0.2) is 48.6 Å². The van der Waals surface area contributed by atoms with Crippen LogP contribution in [-0.2, 0) is 32.7 Å². The van der Waals surface area contributed by atoms with Gasteiger partial charge in [-0.05, 0) is 77.0 Å². The van der Waals surface area contributed by atoms with Gasteiger partial charge in [0.15, 0.2) is 6.10 Å². The second-order valence-corrected chi connectivity index (χ2v) is 17.5. The van der Waals surface area contributed by atoms with E-state index in [4.69, 9.17) is 18.5 Å². The van der Waals surface area contributed by atoms with Gasteiger partial charge in [-0.3, -0.25) is 14.2 Å².